The van der Waals surface area contributed by atoms with Gasteiger partial charge in [-0.1, -0.05) is 26.0 Å². The third-order valence-electron chi connectivity index (χ3n) is 5.48. The van der Waals surface area contributed by atoms with E-state index in [-0.39, 0.29) is 17.5 Å². The second-order valence-corrected chi connectivity index (χ2v) is 8.01. The van der Waals surface area contributed by atoms with E-state index in [1.165, 1.54) is 25.6 Å². The zero-order chi connectivity index (χ0) is 17.8. The topological polar surface area (TPSA) is 35.6 Å². The van der Waals surface area contributed by atoms with Crippen molar-refractivity contribution in [1.29, 1.82) is 0 Å². The van der Waals surface area contributed by atoms with Crippen LogP contribution in [0.25, 0.3) is 0 Å². The summed E-state index contributed by atoms with van der Waals surface area (Å²) in [6, 6.07) is 6.12. The lowest BCUT2D eigenvalue weighted by Crippen LogP contribution is -2.46. The Kier molecular flexibility index (Phi) is 5.94. The van der Waals surface area contributed by atoms with E-state index in [0.717, 1.165) is 44.3 Å². The predicted molar refractivity (Wildman–Crippen MR) is 99.1 cm³/mol. The van der Waals surface area contributed by atoms with Gasteiger partial charge in [0, 0.05) is 32.7 Å². The van der Waals surface area contributed by atoms with E-state index in [2.05, 4.69) is 24.1 Å². The minimum Gasteiger partial charge on any atom is -0.325 e. The first-order valence-corrected chi connectivity index (χ1v) is 9.54. The molecule has 2 heterocycles. The van der Waals surface area contributed by atoms with Crippen LogP contribution in [-0.2, 0) is 0 Å². The normalized spacial score (nSPS) is 25.8. The third kappa shape index (κ3) is 4.94. The number of likely N-dealkylation sites (tertiary alicyclic amines) is 2. The number of nitrogens with zero attached hydrogens (tertiary/aromatic N) is 2. The molecular formula is C20H30FN3O. The molecule has 0 aromatic heterocycles. The number of nitrogens with one attached hydrogen (secondary N) is 1. The maximum absolute atomic E-state index is 13.7. The second-order valence-electron chi connectivity index (χ2n) is 8.01. The molecule has 25 heavy (non-hydrogen) atoms. The first-order valence-electron chi connectivity index (χ1n) is 9.54. The molecule has 0 bridgehead atoms. The van der Waals surface area contributed by atoms with Crippen molar-refractivity contribution in [2.45, 2.75) is 33.1 Å². The van der Waals surface area contributed by atoms with Gasteiger partial charge >= 0.3 is 6.03 Å². The number of urea groups is 1. The second kappa shape index (κ2) is 8.17. The maximum atomic E-state index is 13.7. The predicted octanol–water partition coefficient (Wildman–Crippen LogP) is 4.05. The van der Waals surface area contributed by atoms with Gasteiger partial charge < -0.3 is 15.1 Å². The monoisotopic (exact) mass is 347 g/mol. The van der Waals surface area contributed by atoms with Crippen molar-refractivity contribution in [3.63, 3.8) is 0 Å². The Labute approximate surface area is 150 Å². The van der Waals surface area contributed by atoms with Gasteiger partial charge in [-0.05, 0) is 49.1 Å². The van der Waals surface area contributed by atoms with E-state index in [4.69, 9.17) is 0 Å². The van der Waals surface area contributed by atoms with Crippen LogP contribution in [0.5, 0.6) is 0 Å². The Hall–Kier alpha value is -1.62. The highest BCUT2D eigenvalue weighted by Crippen LogP contribution is 2.25. The van der Waals surface area contributed by atoms with Gasteiger partial charge in [-0.15, -0.1) is 0 Å². The zero-order valence-electron chi connectivity index (χ0n) is 15.4. The fourth-order valence-electron chi connectivity index (χ4n) is 4.38. The quantitative estimate of drug-likeness (QED) is 0.895. The number of benzene rings is 1. The Bertz CT molecular complexity index is 576. The van der Waals surface area contributed by atoms with Crippen LogP contribution in [0.4, 0.5) is 14.9 Å². The Morgan fingerprint density at radius 1 is 1.16 bits per heavy atom. The average molecular weight is 347 g/mol. The van der Waals surface area contributed by atoms with Crippen LogP contribution < -0.4 is 5.32 Å². The van der Waals surface area contributed by atoms with Gasteiger partial charge in [0.25, 0.3) is 0 Å². The number of rotatable bonds is 3. The summed E-state index contributed by atoms with van der Waals surface area (Å²) in [6.45, 7) is 9.76. The largest absolute Gasteiger partial charge is 0.325 e. The van der Waals surface area contributed by atoms with Crippen molar-refractivity contribution in [3.05, 3.63) is 30.1 Å². The van der Waals surface area contributed by atoms with Gasteiger partial charge in [-0.2, -0.15) is 0 Å². The molecule has 3 rings (SSSR count). The van der Waals surface area contributed by atoms with Crippen LogP contribution in [-0.4, -0.2) is 48.6 Å². The van der Waals surface area contributed by atoms with Gasteiger partial charge in [0.1, 0.15) is 5.82 Å². The van der Waals surface area contributed by atoms with Gasteiger partial charge in [-0.3, -0.25) is 0 Å². The average Bonchev–Trinajstić information content (AvgIpc) is 2.56. The van der Waals surface area contributed by atoms with Gasteiger partial charge in [0.2, 0.25) is 0 Å². The molecule has 2 amide bonds. The smallest absolute Gasteiger partial charge is 0.321 e. The molecule has 2 aliphatic rings. The van der Waals surface area contributed by atoms with Crippen molar-refractivity contribution in [2.75, 3.05) is 38.0 Å². The molecule has 0 spiro atoms. The lowest BCUT2D eigenvalue weighted by atomic mass is 9.89. The summed E-state index contributed by atoms with van der Waals surface area (Å²) < 4.78 is 13.7. The van der Waals surface area contributed by atoms with Crippen molar-refractivity contribution >= 4 is 11.7 Å². The molecule has 2 saturated heterocycles. The van der Waals surface area contributed by atoms with Crippen LogP contribution in [0.15, 0.2) is 24.3 Å². The highest BCUT2D eigenvalue weighted by Gasteiger charge is 2.27. The van der Waals surface area contributed by atoms with E-state index in [1.54, 1.807) is 18.2 Å². The SMILES string of the molecule is C[C@@H]1C[C@@H](C)CN(CC2CCN(C(=O)Nc3ccccc3F)CC2)C1. The third-order valence-corrected chi connectivity index (χ3v) is 5.48. The van der Waals surface area contributed by atoms with E-state index < -0.39 is 0 Å². The standard InChI is InChI=1S/C20H30FN3O/c1-15-11-16(2)13-23(12-15)14-17-7-9-24(10-8-17)20(25)22-19-6-4-3-5-18(19)21/h3-6,15-17H,7-14H2,1-2H3,(H,22,25)/t15-,16-/m1/s1. The summed E-state index contributed by atoms with van der Waals surface area (Å²) >= 11 is 0. The first-order chi connectivity index (χ1) is 12.0. The lowest BCUT2D eigenvalue weighted by molar-refractivity contribution is 0.101. The Morgan fingerprint density at radius 2 is 1.80 bits per heavy atom. The molecule has 4 nitrogen and oxygen atoms in total. The minimum atomic E-state index is -0.390. The summed E-state index contributed by atoms with van der Waals surface area (Å²) in [4.78, 5) is 16.8. The molecule has 2 fully saturated rings. The Balaban J connectivity index is 1.45. The Morgan fingerprint density at radius 3 is 2.44 bits per heavy atom. The highest BCUT2D eigenvalue weighted by molar-refractivity contribution is 5.89. The number of piperidine rings is 2. The molecule has 5 heteroatoms. The van der Waals surface area contributed by atoms with Gasteiger partial charge in [0.15, 0.2) is 0 Å². The summed E-state index contributed by atoms with van der Waals surface area (Å²) in [6.07, 6.45) is 3.40. The first kappa shape index (κ1) is 18.2. The molecule has 2 aliphatic heterocycles. The van der Waals surface area contributed by atoms with Gasteiger partial charge in [0.05, 0.1) is 5.69 Å². The summed E-state index contributed by atoms with van der Waals surface area (Å²) in [5.41, 5.74) is 0.255. The molecule has 1 aromatic carbocycles. The maximum Gasteiger partial charge on any atom is 0.321 e. The minimum absolute atomic E-state index is 0.191. The van der Waals surface area contributed by atoms with Crippen molar-refractivity contribution in [1.82, 2.24) is 9.80 Å². The van der Waals surface area contributed by atoms with Crippen molar-refractivity contribution in [3.8, 4) is 0 Å². The molecule has 0 radical (unpaired) electrons. The zero-order valence-corrected chi connectivity index (χ0v) is 15.4. The van der Waals surface area contributed by atoms with Crippen molar-refractivity contribution < 1.29 is 9.18 Å². The molecule has 138 valence electrons. The summed E-state index contributed by atoms with van der Waals surface area (Å²) in [7, 11) is 0. The molecule has 0 aliphatic carbocycles. The number of hydrogen-bond donors (Lipinski definition) is 1. The number of amides is 2. The number of carbonyl (C=O) groups excluding carboxylic acids is 1. The van der Waals surface area contributed by atoms with Crippen LogP contribution in [0.1, 0.15) is 33.1 Å². The number of para-hydroxylation sites is 1. The molecule has 0 unspecified atom stereocenters. The summed E-state index contributed by atoms with van der Waals surface area (Å²) in [5, 5.41) is 2.69. The van der Waals surface area contributed by atoms with E-state index in [1.807, 2.05) is 4.90 Å². The molecule has 1 aromatic rings. The molecule has 1 N–H and O–H groups in total. The summed E-state index contributed by atoms with van der Waals surface area (Å²) in [5.74, 6) is 1.85. The lowest BCUT2D eigenvalue weighted by Gasteiger charge is -2.39. The van der Waals surface area contributed by atoms with Gasteiger partial charge in [-0.25, -0.2) is 9.18 Å². The molecular weight excluding hydrogens is 317 g/mol. The van der Waals surface area contributed by atoms with E-state index in [9.17, 15) is 9.18 Å². The number of anilines is 1. The van der Waals surface area contributed by atoms with Crippen LogP contribution in [0, 0.1) is 23.6 Å². The van der Waals surface area contributed by atoms with Crippen LogP contribution in [0.3, 0.4) is 0 Å². The van der Waals surface area contributed by atoms with E-state index in [0.29, 0.717) is 5.92 Å². The van der Waals surface area contributed by atoms with Crippen LogP contribution in [0.2, 0.25) is 0 Å². The fourth-order valence-corrected chi connectivity index (χ4v) is 4.38. The van der Waals surface area contributed by atoms with Crippen molar-refractivity contribution in [2.24, 2.45) is 17.8 Å². The van der Waals surface area contributed by atoms with E-state index >= 15 is 0 Å². The van der Waals surface area contributed by atoms with Crippen LogP contribution >= 0.6 is 0 Å². The number of hydrogen-bond acceptors (Lipinski definition) is 2. The molecule has 0 saturated carbocycles. The number of halogens is 1. The fraction of sp³-hybridized carbons (Fsp3) is 0.650. The molecule has 2 atom stereocenters. The number of carbonyl (C=O) groups is 1. The highest BCUT2D eigenvalue weighted by atomic mass is 19.1.